The fourth-order valence-electron chi connectivity index (χ4n) is 4.83. The van der Waals surface area contributed by atoms with Gasteiger partial charge in [0.2, 0.25) is 0 Å². The Bertz CT molecular complexity index is 1090. The van der Waals surface area contributed by atoms with Crippen LogP contribution in [-0.2, 0) is 6.42 Å². The standard InChI is InChI=1S/C29H34O5/c1-20(9-7-12-21-10-5-4-6-11-21)33-23-17-25(31)28-22(19-29(2,3)34-27(28)18-23)14-15-24(30)26-13-8-16-32-26/h4-6,8,10-11,13,16-18,20,22,31H,7,9,12,14-15,19H2,1-3H3. The highest BCUT2D eigenvalue weighted by molar-refractivity contribution is 5.93. The number of aromatic hydroxyl groups is 1. The zero-order valence-corrected chi connectivity index (χ0v) is 20.3. The van der Waals surface area contributed by atoms with Crippen molar-refractivity contribution in [3.05, 3.63) is 77.7 Å². The van der Waals surface area contributed by atoms with E-state index in [2.05, 4.69) is 31.2 Å². The third kappa shape index (κ3) is 6.02. The molecule has 2 aromatic carbocycles. The zero-order chi connectivity index (χ0) is 24.1. The number of Topliss-reactive ketones (excluding diaryl/α,β-unsaturated/α-hetero) is 1. The van der Waals surface area contributed by atoms with Crippen molar-refractivity contribution in [2.75, 3.05) is 0 Å². The second-order valence-corrected chi connectivity index (χ2v) is 9.86. The Balaban J connectivity index is 1.41. The summed E-state index contributed by atoms with van der Waals surface area (Å²) in [7, 11) is 0. The maximum atomic E-state index is 12.5. The molecule has 2 heterocycles. The van der Waals surface area contributed by atoms with E-state index in [9.17, 15) is 9.90 Å². The van der Waals surface area contributed by atoms with Crippen molar-refractivity contribution in [2.24, 2.45) is 0 Å². The number of furan rings is 1. The number of rotatable bonds is 10. The van der Waals surface area contributed by atoms with E-state index < -0.39 is 5.60 Å². The van der Waals surface area contributed by atoms with Gasteiger partial charge < -0.3 is 19.0 Å². The Morgan fingerprint density at radius 2 is 1.97 bits per heavy atom. The lowest BCUT2D eigenvalue weighted by Crippen LogP contribution is -2.35. The first-order chi connectivity index (χ1) is 16.3. The van der Waals surface area contributed by atoms with Gasteiger partial charge in [0.15, 0.2) is 11.5 Å². The van der Waals surface area contributed by atoms with Gasteiger partial charge in [-0.15, -0.1) is 0 Å². The summed E-state index contributed by atoms with van der Waals surface area (Å²) in [5.74, 6) is 1.76. The average molecular weight is 463 g/mol. The van der Waals surface area contributed by atoms with E-state index >= 15 is 0 Å². The number of ketones is 1. The third-order valence-corrected chi connectivity index (χ3v) is 6.40. The first kappa shape index (κ1) is 23.9. The molecular formula is C29H34O5. The summed E-state index contributed by atoms with van der Waals surface area (Å²) in [4.78, 5) is 12.5. The van der Waals surface area contributed by atoms with Gasteiger partial charge in [0.1, 0.15) is 22.8 Å². The highest BCUT2D eigenvalue weighted by Gasteiger charge is 2.36. The molecule has 0 spiro atoms. The molecule has 34 heavy (non-hydrogen) atoms. The van der Waals surface area contributed by atoms with Gasteiger partial charge in [-0.25, -0.2) is 0 Å². The molecule has 0 bridgehead atoms. The van der Waals surface area contributed by atoms with Gasteiger partial charge >= 0.3 is 0 Å². The Morgan fingerprint density at radius 3 is 2.71 bits per heavy atom. The fourth-order valence-corrected chi connectivity index (χ4v) is 4.83. The lowest BCUT2D eigenvalue weighted by atomic mass is 9.80. The Kier molecular flexibility index (Phi) is 7.30. The van der Waals surface area contributed by atoms with E-state index in [1.54, 1.807) is 18.2 Å². The van der Waals surface area contributed by atoms with Crippen LogP contribution in [0.5, 0.6) is 17.2 Å². The van der Waals surface area contributed by atoms with Crippen LogP contribution in [0.15, 0.2) is 65.3 Å². The molecule has 0 radical (unpaired) electrons. The summed E-state index contributed by atoms with van der Waals surface area (Å²) in [5.41, 5.74) is 1.68. The summed E-state index contributed by atoms with van der Waals surface area (Å²) in [6.45, 7) is 6.12. The molecular weight excluding hydrogens is 428 g/mol. The van der Waals surface area contributed by atoms with Crippen molar-refractivity contribution >= 4 is 5.78 Å². The lowest BCUT2D eigenvalue weighted by molar-refractivity contribution is 0.0667. The van der Waals surface area contributed by atoms with Crippen LogP contribution in [0, 0.1) is 0 Å². The van der Waals surface area contributed by atoms with Crippen molar-refractivity contribution in [1.82, 2.24) is 0 Å². The predicted molar refractivity (Wildman–Crippen MR) is 132 cm³/mol. The van der Waals surface area contributed by atoms with E-state index in [0.717, 1.165) is 31.2 Å². The quantitative estimate of drug-likeness (QED) is 0.326. The van der Waals surface area contributed by atoms with Crippen molar-refractivity contribution in [3.63, 3.8) is 0 Å². The topological polar surface area (TPSA) is 68.9 Å². The van der Waals surface area contributed by atoms with E-state index in [1.807, 2.05) is 26.0 Å². The van der Waals surface area contributed by atoms with Crippen LogP contribution in [0.3, 0.4) is 0 Å². The molecule has 0 aliphatic carbocycles. The normalized spacial score (nSPS) is 17.4. The van der Waals surface area contributed by atoms with Crippen LogP contribution < -0.4 is 9.47 Å². The lowest BCUT2D eigenvalue weighted by Gasteiger charge is -2.38. The maximum Gasteiger partial charge on any atom is 0.198 e. The molecule has 0 saturated carbocycles. The van der Waals surface area contributed by atoms with Gasteiger partial charge in [-0.3, -0.25) is 4.79 Å². The van der Waals surface area contributed by atoms with Crippen molar-refractivity contribution in [1.29, 1.82) is 0 Å². The predicted octanol–water partition coefficient (Wildman–Crippen LogP) is 7.08. The third-order valence-electron chi connectivity index (χ3n) is 6.40. The Morgan fingerprint density at radius 1 is 1.18 bits per heavy atom. The molecule has 0 fully saturated rings. The van der Waals surface area contributed by atoms with Crippen molar-refractivity contribution in [3.8, 4) is 17.2 Å². The minimum absolute atomic E-state index is 0.00927. The number of benzene rings is 2. The number of aryl methyl sites for hydroxylation is 1. The van der Waals surface area contributed by atoms with Gasteiger partial charge in [0, 0.05) is 24.1 Å². The van der Waals surface area contributed by atoms with Crippen LogP contribution in [-0.4, -0.2) is 22.6 Å². The first-order valence-electron chi connectivity index (χ1n) is 12.1. The van der Waals surface area contributed by atoms with Crippen molar-refractivity contribution < 1.29 is 23.8 Å². The number of phenolic OH excluding ortho intramolecular Hbond substituents is 1. The van der Waals surface area contributed by atoms with Gasteiger partial charge in [-0.05, 0) is 76.5 Å². The van der Waals surface area contributed by atoms with Crippen LogP contribution in [0.2, 0.25) is 0 Å². The van der Waals surface area contributed by atoms with E-state index in [-0.39, 0.29) is 23.6 Å². The maximum absolute atomic E-state index is 12.5. The van der Waals surface area contributed by atoms with Gasteiger partial charge in [-0.1, -0.05) is 30.3 Å². The number of ether oxygens (including phenoxy) is 2. The minimum Gasteiger partial charge on any atom is -0.507 e. The summed E-state index contributed by atoms with van der Waals surface area (Å²) in [5, 5.41) is 10.9. The van der Waals surface area contributed by atoms with E-state index in [1.165, 1.54) is 11.8 Å². The summed E-state index contributed by atoms with van der Waals surface area (Å²) >= 11 is 0. The van der Waals surface area contributed by atoms with Gasteiger partial charge in [0.05, 0.1) is 12.4 Å². The van der Waals surface area contributed by atoms with Crippen molar-refractivity contribution in [2.45, 2.75) is 76.9 Å². The van der Waals surface area contributed by atoms with Crippen LogP contribution in [0.25, 0.3) is 0 Å². The number of fused-ring (bicyclic) bond motifs is 1. The monoisotopic (exact) mass is 462 g/mol. The SMILES string of the molecule is CC(CCCc1ccccc1)Oc1cc(O)c2c(c1)OC(C)(C)CC2CCC(=O)c1ccco1. The molecule has 5 heteroatoms. The molecule has 1 N–H and O–H groups in total. The average Bonchev–Trinajstić information content (AvgIpc) is 3.32. The fraction of sp³-hybridized carbons (Fsp3) is 0.414. The van der Waals surface area contributed by atoms with Gasteiger partial charge in [-0.2, -0.15) is 0 Å². The zero-order valence-electron chi connectivity index (χ0n) is 20.3. The number of carbonyl (C=O) groups excluding carboxylic acids is 1. The molecule has 3 aromatic rings. The minimum atomic E-state index is -0.405. The smallest absolute Gasteiger partial charge is 0.198 e. The first-order valence-corrected chi connectivity index (χ1v) is 12.1. The second-order valence-electron chi connectivity index (χ2n) is 9.86. The molecule has 180 valence electrons. The van der Waals surface area contributed by atoms with Crippen LogP contribution in [0.4, 0.5) is 0 Å². The molecule has 2 atom stereocenters. The molecule has 1 aliphatic rings. The summed E-state index contributed by atoms with van der Waals surface area (Å²) in [6.07, 6.45) is 6.16. The molecule has 2 unspecified atom stereocenters. The summed E-state index contributed by atoms with van der Waals surface area (Å²) in [6, 6.07) is 17.4. The molecule has 4 rings (SSSR count). The molecule has 5 nitrogen and oxygen atoms in total. The highest BCUT2D eigenvalue weighted by Crippen LogP contribution is 2.49. The highest BCUT2D eigenvalue weighted by atomic mass is 16.5. The van der Waals surface area contributed by atoms with E-state index in [0.29, 0.717) is 30.1 Å². The van der Waals surface area contributed by atoms with E-state index in [4.69, 9.17) is 13.9 Å². The Hall–Kier alpha value is -3.21. The summed E-state index contributed by atoms with van der Waals surface area (Å²) < 4.78 is 17.6. The molecule has 1 aromatic heterocycles. The van der Waals surface area contributed by atoms with Crippen LogP contribution in [0.1, 0.15) is 80.5 Å². The molecule has 0 amide bonds. The van der Waals surface area contributed by atoms with Gasteiger partial charge in [0.25, 0.3) is 0 Å². The number of phenols is 1. The molecule has 0 saturated heterocycles. The molecule has 1 aliphatic heterocycles. The number of hydrogen-bond donors (Lipinski definition) is 1. The number of hydrogen-bond acceptors (Lipinski definition) is 5. The Labute approximate surface area is 201 Å². The number of carbonyl (C=O) groups is 1. The van der Waals surface area contributed by atoms with Crippen LogP contribution >= 0.6 is 0 Å². The second kappa shape index (κ2) is 10.4. The largest absolute Gasteiger partial charge is 0.507 e.